The second-order valence-electron chi connectivity index (χ2n) is 7.41. The summed E-state index contributed by atoms with van der Waals surface area (Å²) in [5.41, 5.74) is 2.34. The molecular weight excluding hydrogens is 318 g/mol. The maximum Gasteiger partial charge on any atom is 0.0976 e. The largest absolute Gasteiger partial charge is 0.317 e. The topological polar surface area (TPSA) is 54.0 Å². The first-order chi connectivity index (χ1) is 10.3. The summed E-state index contributed by atoms with van der Waals surface area (Å²) in [4.78, 5) is 4.54. The van der Waals surface area contributed by atoms with Crippen LogP contribution in [-0.4, -0.2) is 27.0 Å². The first kappa shape index (κ1) is 16.4. The van der Waals surface area contributed by atoms with Crippen molar-refractivity contribution in [2.24, 2.45) is 5.41 Å². The van der Waals surface area contributed by atoms with Crippen LogP contribution in [0.4, 0.5) is 0 Å². The number of rotatable bonds is 2. The van der Waals surface area contributed by atoms with Crippen LogP contribution in [0.1, 0.15) is 50.9 Å². The Morgan fingerprint density at radius 2 is 2.09 bits per heavy atom. The Bertz CT molecular complexity index is 594. The van der Waals surface area contributed by atoms with E-state index < -0.39 is 11.0 Å². The van der Waals surface area contributed by atoms with E-state index in [4.69, 9.17) is 11.6 Å². The van der Waals surface area contributed by atoms with Crippen molar-refractivity contribution in [2.75, 3.05) is 13.1 Å². The van der Waals surface area contributed by atoms with E-state index in [9.17, 15) is 4.21 Å². The van der Waals surface area contributed by atoms with Gasteiger partial charge in [-0.05, 0) is 70.2 Å². The van der Waals surface area contributed by atoms with Crippen LogP contribution in [0.5, 0.6) is 0 Å². The molecule has 6 heteroatoms. The van der Waals surface area contributed by atoms with Gasteiger partial charge in [-0.25, -0.2) is 8.93 Å². The summed E-state index contributed by atoms with van der Waals surface area (Å²) in [5.74, 6) is 0. The van der Waals surface area contributed by atoms with Crippen LogP contribution in [0.15, 0.2) is 12.3 Å². The zero-order valence-corrected chi connectivity index (χ0v) is 15.0. The van der Waals surface area contributed by atoms with E-state index in [1.807, 2.05) is 26.8 Å². The number of piperidine rings is 1. The van der Waals surface area contributed by atoms with Crippen LogP contribution < -0.4 is 10.0 Å². The Balaban J connectivity index is 1.97. The molecule has 122 valence electrons. The lowest BCUT2D eigenvalue weighted by atomic mass is 9.74. The van der Waals surface area contributed by atoms with E-state index in [-0.39, 0.29) is 16.2 Å². The van der Waals surface area contributed by atoms with Gasteiger partial charge >= 0.3 is 0 Å². The van der Waals surface area contributed by atoms with Gasteiger partial charge in [-0.3, -0.25) is 4.98 Å². The van der Waals surface area contributed by atoms with Crippen molar-refractivity contribution in [1.29, 1.82) is 0 Å². The number of nitrogens with one attached hydrogen (secondary N) is 2. The predicted molar refractivity (Wildman–Crippen MR) is 91.3 cm³/mol. The number of aromatic nitrogens is 1. The van der Waals surface area contributed by atoms with Gasteiger partial charge in [0.25, 0.3) is 0 Å². The molecule has 2 heterocycles. The van der Waals surface area contributed by atoms with Gasteiger partial charge in [0, 0.05) is 11.9 Å². The standard InChI is InChI=1S/C16H24ClN3OS/c1-15(2,3)22(21)20-14-12-8-11(17)10-19-13(12)9-16(14)4-6-18-7-5-16/h8,10,14,18,20H,4-7,9H2,1-3H3/t14-,22?/m1/s1. The molecular formula is C16H24ClN3OS. The molecule has 4 nitrogen and oxygen atoms in total. The minimum atomic E-state index is -1.11. The highest BCUT2D eigenvalue weighted by molar-refractivity contribution is 7.84. The highest BCUT2D eigenvalue weighted by atomic mass is 35.5. The molecule has 3 rings (SSSR count). The third kappa shape index (κ3) is 2.96. The molecule has 1 aromatic rings. The maximum absolute atomic E-state index is 12.7. The van der Waals surface area contributed by atoms with Crippen LogP contribution in [0.3, 0.4) is 0 Å². The normalized spacial score (nSPS) is 25.2. The Morgan fingerprint density at radius 3 is 2.73 bits per heavy atom. The van der Waals surface area contributed by atoms with Crippen LogP contribution in [0.25, 0.3) is 0 Å². The molecule has 1 saturated heterocycles. The smallest absolute Gasteiger partial charge is 0.0976 e. The van der Waals surface area contributed by atoms with E-state index in [0.29, 0.717) is 5.02 Å². The van der Waals surface area contributed by atoms with Crippen molar-refractivity contribution in [3.63, 3.8) is 0 Å². The van der Waals surface area contributed by atoms with Gasteiger partial charge < -0.3 is 5.32 Å². The molecule has 1 spiro atoms. The van der Waals surface area contributed by atoms with Gasteiger partial charge in [0.15, 0.2) is 0 Å². The van der Waals surface area contributed by atoms with Crippen LogP contribution >= 0.6 is 11.6 Å². The summed E-state index contributed by atoms with van der Waals surface area (Å²) in [7, 11) is -1.11. The fourth-order valence-corrected chi connectivity index (χ4v) is 4.62. The minimum absolute atomic E-state index is 0.0656. The summed E-state index contributed by atoms with van der Waals surface area (Å²) in [6.07, 6.45) is 4.80. The lowest BCUT2D eigenvalue weighted by Crippen LogP contribution is -2.46. The van der Waals surface area contributed by atoms with Crippen molar-refractivity contribution in [2.45, 2.75) is 50.8 Å². The molecule has 2 atom stereocenters. The molecule has 0 amide bonds. The molecule has 1 aromatic heterocycles. The van der Waals surface area contributed by atoms with E-state index in [1.54, 1.807) is 6.20 Å². The fraction of sp³-hybridized carbons (Fsp3) is 0.688. The number of hydrogen-bond donors (Lipinski definition) is 2. The summed E-state index contributed by atoms with van der Waals surface area (Å²) in [5, 5.41) is 4.08. The van der Waals surface area contributed by atoms with Gasteiger partial charge in [-0.15, -0.1) is 0 Å². The van der Waals surface area contributed by atoms with Crippen molar-refractivity contribution in [1.82, 2.24) is 15.0 Å². The SMILES string of the molecule is CC(C)(C)S(=O)N[C@@H]1c2cc(Cl)cnc2CC12CCNCC2. The molecule has 0 radical (unpaired) electrons. The minimum Gasteiger partial charge on any atom is -0.317 e. The summed E-state index contributed by atoms with van der Waals surface area (Å²) in [6, 6.07) is 2.06. The quantitative estimate of drug-likeness (QED) is 0.869. The molecule has 1 aliphatic heterocycles. The first-order valence-electron chi connectivity index (χ1n) is 7.85. The molecule has 1 unspecified atom stereocenters. The summed E-state index contributed by atoms with van der Waals surface area (Å²) < 4.78 is 15.8. The monoisotopic (exact) mass is 341 g/mol. The molecule has 2 N–H and O–H groups in total. The molecule has 0 aromatic carbocycles. The third-order valence-electron chi connectivity index (χ3n) is 4.79. The molecule has 1 fully saturated rings. The highest BCUT2D eigenvalue weighted by Crippen LogP contribution is 2.51. The first-order valence-corrected chi connectivity index (χ1v) is 9.38. The van der Waals surface area contributed by atoms with E-state index in [2.05, 4.69) is 15.0 Å². The average molecular weight is 342 g/mol. The molecule has 0 saturated carbocycles. The number of hydrogen-bond acceptors (Lipinski definition) is 3. The van der Waals surface area contributed by atoms with Crippen LogP contribution in [0, 0.1) is 5.41 Å². The predicted octanol–water partition coefficient (Wildman–Crippen LogP) is 2.75. The van der Waals surface area contributed by atoms with Crippen molar-refractivity contribution in [3.8, 4) is 0 Å². The van der Waals surface area contributed by atoms with Crippen molar-refractivity contribution in [3.05, 3.63) is 28.5 Å². The number of pyridine rings is 1. The van der Waals surface area contributed by atoms with Crippen molar-refractivity contribution >= 4 is 22.6 Å². The van der Waals surface area contributed by atoms with Gasteiger partial charge in [0.2, 0.25) is 0 Å². The van der Waals surface area contributed by atoms with Crippen LogP contribution in [-0.2, 0) is 17.4 Å². The van der Waals surface area contributed by atoms with Crippen molar-refractivity contribution < 1.29 is 4.21 Å². The zero-order valence-electron chi connectivity index (χ0n) is 13.4. The lowest BCUT2D eigenvalue weighted by Gasteiger charge is -2.40. The number of fused-ring (bicyclic) bond motifs is 1. The van der Waals surface area contributed by atoms with E-state index in [0.717, 1.165) is 43.6 Å². The van der Waals surface area contributed by atoms with E-state index in [1.165, 1.54) is 0 Å². The molecule has 22 heavy (non-hydrogen) atoms. The van der Waals surface area contributed by atoms with Gasteiger partial charge in [-0.1, -0.05) is 11.6 Å². The Hall–Kier alpha value is -0.490. The fourth-order valence-electron chi connectivity index (χ4n) is 3.51. The Morgan fingerprint density at radius 1 is 1.41 bits per heavy atom. The van der Waals surface area contributed by atoms with E-state index >= 15 is 0 Å². The van der Waals surface area contributed by atoms with Gasteiger partial charge in [0.1, 0.15) is 0 Å². The zero-order chi connectivity index (χ0) is 16.0. The second kappa shape index (κ2) is 5.86. The van der Waals surface area contributed by atoms with Gasteiger partial charge in [-0.2, -0.15) is 0 Å². The molecule has 1 aliphatic carbocycles. The lowest BCUT2D eigenvalue weighted by molar-refractivity contribution is 0.164. The second-order valence-corrected chi connectivity index (χ2v) is 9.84. The maximum atomic E-state index is 12.7. The highest BCUT2D eigenvalue weighted by Gasteiger charge is 2.48. The van der Waals surface area contributed by atoms with Gasteiger partial charge in [0.05, 0.1) is 26.8 Å². The molecule has 2 aliphatic rings. The Kier molecular flexibility index (Phi) is 4.36. The third-order valence-corrected chi connectivity index (χ3v) is 6.56. The number of halogens is 1. The average Bonchev–Trinajstić information content (AvgIpc) is 2.72. The number of nitrogens with zero attached hydrogens (tertiary/aromatic N) is 1. The summed E-state index contributed by atoms with van der Waals surface area (Å²) in [6.45, 7) is 8.00. The van der Waals surface area contributed by atoms with Crippen LogP contribution in [0.2, 0.25) is 5.02 Å². The molecule has 0 bridgehead atoms. The Labute approximate surface area is 140 Å². The summed E-state index contributed by atoms with van der Waals surface area (Å²) >= 11 is 6.16.